The minimum Gasteiger partial charge on any atom is -0.255 e. The second kappa shape index (κ2) is 16.7. The Bertz CT molecular complexity index is 1510. The molecule has 0 atom stereocenters. The van der Waals surface area contributed by atoms with E-state index in [4.69, 9.17) is 0 Å². The first-order chi connectivity index (χ1) is 22.8. The molecular formula is C30H24F12N6OsP2. The standard InChI is InChI=1S/3C10H8N2.2F6P.Os/c3*1-3-7-11-9(5-1)10-6-2-4-8-12-10;2*1-7(2,3,4,5)6;/h3*1-8H;;;/q;;;2*-1;+2. The predicted octanol–water partition coefficient (Wildman–Crippen LogP) is 13.2. The molecule has 0 unspecified atom stereocenters. The third-order valence-corrected chi connectivity index (χ3v) is 4.78. The van der Waals surface area contributed by atoms with Crippen LogP contribution < -0.4 is 0 Å². The first kappa shape index (κ1) is 44.6. The second-order valence-electron chi connectivity index (χ2n) is 9.21. The normalized spacial score (nSPS) is 13.2. The van der Waals surface area contributed by atoms with Crippen LogP contribution in [0.2, 0.25) is 0 Å². The molecule has 6 aromatic heterocycles. The van der Waals surface area contributed by atoms with Crippen molar-refractivity contribution in [1.29, 1.82) is 0 Å². The van der Waals surface area contributed by atoms with Gasteiger partial charge < -0.3 is 0 Å². The van der Waals surface area contributed by atoms with Crippen LogP contribution in [0.15, 0.2) is 146 Å². The van der Waals surface area contributed by atoms with Gasteiger partial charge in [0.15, 0.2) is 0 Å². The molecule has 0 aliphatic carbocycles. The van der Waals surface area contributed by atoms with Crippen molar-refractivity contribution in [3.05, 3.63) is 146 Å². The van der Waals surface area contributed by atoms with Crippen molar-refractivity contribution in [1.82, 2.24) is 29.9 Å². The van der Waals surface area contributed by atoms with E-state index in [9.17, 15) is 50.4 Å². The average molecular weight is 949 g/mol. The first-order valence-corrected chi connectivity index (χ1v) is 17.5. The van der Waals surface area contributed by atoms with Gasteiger partial charge in [0.2, 0.25) is 0 Å². The average Bonchev–Trinajstić information content (AvgIpc) is 3.05. The third kappa shape index (κ3) is 28.0. The Hall–Kier alpha value is -4.44. The van der Waals surface area contributed by atoms with Gasteiger partial charge in [-0.05, 0) is 72.8 Å². The summed E-state index contributed by atoms with van der Waals surface area (Å²) >= 11 is 0. The van der Waals surface area contributed by atoms with Crippen LogP contribution in [0.5, 0.6) is 0 Å². The molecule has 0 fully saturated rings. The Balaban J connectivity index is 0.000000325. The third-order valence-electron chi connectivity index (χ3n) is 4.78. The molecule has 0 bridgehead atoms. The van der Waals surface area contributed by atoms with Gasteiger partial charge in [-0.15, -0.1) is 0 Å². The summed E-state index contributed by atoms with van der Waals surface area (Å²) in [5.41, 5.74) is 5.49. The van der Waals surface area contributed by atoms with E-state index in [2.05, 4.69) is 29.9 Å². The Morgan fingerprint density at radius 2 is 0.373 bits per heavy atom. The monoisotopic (exact) mass is 950 g/mol. The molecule has 51 heavy (non-hydrogen) atoms. The number of rotatable bonds is 3. The van der Waals surface area contributed by atoms with Gasteiger partial charge in [0.05, 0.1) is 34.2 Å². The van der Waals surface area contributed by atoms with Crippen LogP contribution in [0.25, 0.3) is 34.2 Å². The summed E-state index contributed by atoms with van der Waals surface area (Å²) in [6, 6.07) is 34.8. The summed E-state index contributed by atoms with van der Waals surface area (Å²) in [4.78, 5) is 25.1. The minimum absolute atomic E-state index is 0. The molecule has 6 nitrogen and oxygen atoms in total. The Morgan fingerprint density at radius 3 is 0.451 bits per heavy atom. The quantitative estimate of drug-likeness (QED) is 0.130. The Labute approximate surface area is 295 Å². The van der Waals surface area contributed by atoms with Gasteiger partial charge in [0, 0.05) is 37.2 Å². The van der Waals surface area contributed by atoms with E-state index < -0.39 is 15.6 Å². The molecule has 276 valence electrons. The molecule has 0 amide bonds. The molecule has 6 heterocycles. The van der Waals surface area contributed by atoms with Gasteiger partial charge in [-0.25, -0.2) is 0 Å². The molecule has 6 rings (SSSR count). The molecule has 0 aliphatic rings. The topological polar surface area (TPSA) is 77.3 Å². The van der Waals surface area contributed by atoms with E-state index in [0.717, 1.165) is 34.2 Å². The van der Waals surface area contributed by atoms with Gasteiger partial charge in [-0.2, -0.15) is 0 Å². The SMILES string of the molecule is F[P-](F)(F)(F)(F)F.F[P-](F)(F)(F)(F)F.[Os+2].c1ccc(-c2ccccn2)nc1.c1ccc(-c2ccccn2)nc1.c1ccc(-c2ccccn2)nc1. The molecule has 6 aromatic rings. The van der Waals surface area contributed by atoms with Gasteiger partial charge in [-0.1, -0.05) is 36.4 Å². The number of halogens is 12. The van der Waals surface area contributed by atoms with Crippen LogP contribution in [0, 0.1) is 0 Å². The van der Waals surface area contributed by atoms with Crippen molar-refractivity contribution in [3.8, 4) is 34.2 Å². The molecule has 0 aliphatic heterocycles. The van der Waals surface area contributed by atoms with Crippen molar-refractivity contribution in [2.75, 3.05) is 0 Å². The van der Waals surface area contributed by atoms with E-state index in [0.29, 0.717) is 0 Å². The van der Waals surface area contributed by atoms with Crippen LogP contribution in [0.1, 0.15) is 0 Å². The molecule has 0 saturated heterocycles. The zero-order valence-corrected chi connectivity index (χ0v) is 29.7. The molecule has 21 heteroatoms. The van der Waals surface area contributed by atoms with Gasteiger partial charge in [0.25, 0.3) is 0 Å². The zero-order chi connectivity index (χ0) is 37.5. The Kier molecular flexibility index (Phi) is 14.6. The van der Waals surface area contributed by atoms with Crippen LogP contribution in [-0.2, 0) is 19.8 Å². The number of hydrogen-bond donors (Lipinski definition) is 0. The van der Waals surface area contributed by atoms with E-state index in [1.54, 1.807) is 37.2 Å². The van der Waals surface area contributed by atoms with Crippen LogP contribution in [0.4, 0.5) is 50.4 Å². The maximum Gasteiger partial charge on any atom is 2.00 e. The second-order valence-corrected chi connectivity index (χ2v) is 13.0. The van der Waals surface area contributed by atoms with Gasteiger partial charge >= 0.3 is 85.8 Å². The van der Waals surface area contributed by atoms with Crippen LogP contribution >= 0.6 is 15.6 Å². The van der Waals surface area contributed by atoms with E-state index in [-0.39, 0.29) is 19.8 Å². The predicted molar refractivity (Wildman–Crippen MR) is 170 cm³/mol. The van der Waals surface area contributed by atoms with Gasteiger partial charge in [0.1, 0.15) is 0 Å². The van der Waals surface area contributed by atoms with Crippen LogP contribution in [-0.4, -0.2) is 29.9 Å². The summed E-state index contributed by atoms with van der Waals surface area (Å²) < 4.78 is 118. The summed E-state index contributed by atoms with van der Waals surface area (Å²) in [5, 5.41) is 0. The molecule has 0 radical (unpaired) electrons. The smallest absolute Gasteiger partial charge is 0.255 e. The molecular weight excluding hydrogens is 925 g/mol. The van der Waals surface area contributed by atoms with E-state index in [1.165, 1.54) is 0 Å². The maximum absolute atomic E-state index is 10.7. The number of nitrogens with zero attached hydrogens (tertiary/aromatic N) is 6. The fraction of sp³-hybridized carbons (Fsp3) is 0. The van der Waals surface area contributed by atoms with Crippen molar-refractivity contribution in [2.45, 2.75) is 0 Å². The molecule has 0 spiro atoms. The first-order valence-electron chi connectivity index (χ1n) is 13.4. The number of hydrogen-bond acceptors (Lipinski definition) is 6. The number of aromatic nitrogens is 6. The maximum atomic E-state index is 9.87. The fourth-order valence-electron chi connectivity index (χ4n) is 3.09. The zero-order valence-electron chi connectivity index (χ0n) is 25.3. The van der Waals surface area contributed by atoms with E-state index >= 15 is 0 Å². The van der Waals surface area contributed by atoms with E-state index in [1.807, 2.05) is 109 Å². The summed E-state index contributed by atoms with van der Waals surface area (Å²) in [5.74, 6) is 0. The van der Waals surface area contributed by atoms with Gasteiger partial charge in [-0.3, -0.25) is 29.9 Å². The van der Waals surface area contributed by atoms with Crippen molar-refractivity contribution < 1.29 is 70.2 Å². The van der Waals surface area contributed by atoms with Crippen molar-refractivity contribution in [2.24, 2.45) is 0 Å². The Morgan fingerprint density at radius 1 is 0.255 bits per heavy atom. The van der Waals surface area contributed by atoms with Crippen molar-refractivity contribution in [3.63, 3.8) is 0 Å². The minimum atomic E-state index is -10.7. The van der Waals surface area contributed by atoms with Crippen LogP contribution in [0.3, 0.4) is 0 Å². The summed E-state index contributed by atoms with van der Waals surface area (Å²) in [6.45, 7) is 0. The largest absolute Gasteiger partial charge is 2.00 e. The molecule has 0 saturated carbocycles. The molecule has 0 N–H and O–H groups in total. The van der Waals surface area contributed by atoms with Crippen molar-refractivity contribution >= 4 is 15.6 Å². The summed E-state index contributed by atoms with van der Waals surface area (Å²) in [6.07, 6.45) is 10.6. The summed E-state index contributed by atoms with van der Waals surface area (Å²) in [7, 11) is -21.3. The molecule has 0 aromatic carbocycles. The number of pyridine rings is 6. The fourth-order valence-corrected chi connectivity index (χ4v) is 3.09.